The van der Waals surface area contributed by atoms with Gasteiger partial charge in [0.15, 0.2) is 17.3 Å². The molecule has 0 aliphatic heterocycles. The Balaban J connectivity index is 1.52. The number of methoxy groups -OCH3 is 1. The standard InChI is InChI=1S/C31H21F3IN3O5/c1-42-26-14-19(13-24(35)27(26)43-17-18-6-4-8-21(12-18)30(40)41)16-36-38-28(20-7-5-9-22(15-20)31(32,33)34)37-25-11-3-2-10-23(25)29(38)39/h2-16H,17H2,1H3,(H,40,41). The third kappa shape index (κ3) is 6.53. The number of para-hydroxylation sites is 1. The lowest BCUT2D eigenvalue weighted by Crippen LogP contribution is -2.20. The van der Waals surface area contributed by atoms with Gasteiger partial charge in [-0.2, -0.15) is 22.9 Å². The van der Waals surface area contributed by atoms with Gasteiger partial charge in [0.2, 0.25) is 0 Å². The molecule has 0 aliphatic carbocycles. The predicted octanol–water partition coefficient (Wildman–Crippen LogP) is 6.85. The molecule has 0 aliphatic rings. The van der Waals surface area contributed by atoms with Crippen LogP contribution in [0.2, 0.25) is 0 Å². The lowest BCUT2D eigenvalue weighted by molar-refractivity contribution is -0.137. The Labute approximate surface area is 256 Å². The maximum absolute atomic E-state index is 13.5. The van der Waals surface area contributed by atoms with Gasteiger partial charge < -0.3 is 14.6 Å². The first-order valence-corrected chi connectivity index (χ1v) is 13.7. The van der Waals surface area contributed by atoms with Crippen LogP contribution in [0.1, 0.15) is 27.0 Å². The quantitative estimate of drug-likeness (QED) is 0.140. The van der Waals surface area contributed by atoms with Crippen molar-refractivity contribution in [2.75, 3.05) is 7.11 Å². The second-order valence-corrected chi connectivity index (χ2v) is 10.4. The molecule has 218 valence electrons. The van der Waals surface area contributed by atoms with Crippen molar-refractivity contribution in [2.24, 2.45) is 5.10 Å². The van der Waals surface area contributed by atoms with E-state index in [1.807, 2.05) is 22.6 Å². The van der Waals surface area contributed by atoms with Gasteiger partial charge in [0.1, 0.15) is 6.61 Å². The molecular formula is C31H21F3IN3O5. The number of carboxylic acid groups (broad SMARTS) is 1. The fourth-order valence-electron chi connectivity index (χ4n) is 4.28. The molecule has 12 heteroatoms. The SMILES string of the molecule is COc1cc(C=Nn2c(-c3cccc(C(F)(F)F)c3)nc3ccccc3c2=O)cc(I)c1OCc1cccc(C(=O)O)c1. The van der Waals surface area contributed by atoms with Crippen LogP contribution in [0.5, 0.6) is 11.5 Å². The summed E-state index contributed by atoms with van der Waals surface area (Å²) in [5.41, 5.74) is 0.241. The highest BCUT2D eigenvalue weighted by molar-refractivity contribution is 14.1. The number of benzene rings is 4. The highest BCUT2D eigenvalue weighted by atomic mass is 127. The van der Waals surface area contributed by atoms with Gasteiger partial charge in [-0.1, -0.05) is 36.4 Å². The summed E-state index contributed by atoms with van der Waals surface area (Å²) >= 11 is 2.05. The lowest BCUT2D eigenvalue weighted by Gasteiger charge is -2.14. The molecule has 5 rings (SSSR count). The number of carbonyl (C=O) groups is 1. The van der Waals surface area contributed by atoms with Crippen molar-refractivity contribution < 1.29 is 32.5 Å². The van der Waals surface area contributed by atoms with E-state index in [9.17, 15) is 27.9 Å². The van der Waals surface area contributed by atoms with Crippen molar-refractivity contribution in [2.45, 2.75) is 12.8 Å². The lowest BCUT2D eigenvalue weighted by atomic mass is 10.1. The predicted molar refractivity (Wildman–Crippen MR) is 163 cm³/mol. The van der Waals surface area contributed by atoms with Crippen molar-refractivity contribution in [3.8, 4) is 22.9 Å². The van der Waals surface area contributed by atoms with E-state index in [0.717, 1.165) is 16.8 Å². The molecule has 0 atom stereocenters. The zero-order chi connectivity index (χ0) is 30.7. The smallest absolute Gasteiger partial charge is 0.416 e. The van der Waals surface area contributed by atoms with E-state index >= 15 is 0 Å². The normalized spacial score (nSPS) is 11.7. The number of carboxylic acids is 1. The number of nitrogens with zero attached hydrogens (tertiary/aromatic N) is 3. The molecule has 0 radical (unpaired) electrons. The Morgan fingerprint density at radius 1 is 1.05 bits per heavy atom. The van der Waals surface area contributed by atoms with Crippen molar-refractivity contribution >= 4 is 45.7 Å². The minimum absolute atomic E-state index is 0.0590. The summed E-state index contributed by atoms with van der Waals surface area (Å²) in [4.78, 5) is 29.2. The first-order valence-electron chi connectivity index (χ1n) is 12.6. The molecule has 0 spiro atoms. The van der Waals surface area contributed by atoms with E-state index in [2.05, 4.69) is 10.1 Å². The van der Waals surface area contributed by atoms with Crippen LogP contribution in [-0.2, 0) is 12.8 Å². The third-order valence-corrected chi connectivity index (χ3v) is 7.13. The molecule has 5 aromatic rings. The molecule has 0 bridgehead atoms. The summed E-state index contributed by atoms with van der Waals surface area (Å²) in [6.45, 7) is 0.0828. The minimum atomic E-state index is -4.59. The van der Waals surface area contributed by atoms with Crippen LogP contribution in [0.4, 0.5) is 13.2 Å². The molecule has 1 aromatic heterocycles. The monoisotopic (exact) mass is 699 g/mol. The van der Waals surface area contributed by atoms with Gasteiger partial charge >= 0.3 is 12.1 Å². The Hall–Kier alpha value is -4.72. The van der Waals surface area contributed by atoms with Crippen LogP contribution in [-0.4, -0.2) is 34.1 Å². The molecule has 0 fully saturated rings. The van der Waals surface area contributed by atoms with E-state index in [4.69, 9.17) is 9.47 Å². The number of rotatable bonds is 8. The number of ether oxygens (including phenoxy) is 2. The number of hydrogen-bond donors (Lipinski definition) is 1. The number of alkyl halides is 3. The molecule has 1 N–H and O–H groups in total. The van der Waals surface area contributed by atoms with Crippen LogP contribution in [0.3, 0.4) is 0 Å². The molecule has 0 saturated heterocycles. The second-order valence-electron chi connectivity index (χ2n) is 9.22. The Kier molecular flexibility index (Phi) is 8.48. The van der Waals surface area contributed by atoms with Crippen LogP contribution in [0.15, 0.2) is 94.8 Å². The van der Waals surface area contributed by atoms with Gasteiger partial charge in [0, 0.05) is 5.56 Å². The van der Waals surface area contributed by atoms with E-state index in [0.29, 0.717) is 31.7 Å². The fourth-order valence-corrected chi connectivity index (χ4v) is 5.06. The molecule has 0 saturated carbocycles. The highest BCUT2D eigenvalue weighted by Crippen LogP contribution is 2.35. The van der Waals surface area contributed by atoms with Crippen molar-refractivity contribution in [3.05, 3.63) is 121 Å². The van der Waals surface area contributed by atoms with E-state index in [-0.39, 0.29) is 28.9 Å². The Bertz CT molecular complexity index is 1940. The van der Waals surface area contributed by atoms with Gasteiger partial charge in [-0.25, -0.2) is 9.78 Å². The summed E-state index contributed by atoms with van der Waals surface area (Å²) in [6.07, 6.45) is -3.21. The zero-order valence-electron chi connectivity index (χ0n) is 22.3. The minimum Gasteiger partial charge on any atom is -0.493 e. The topological polar surface area (TPSA) is 103 Å². The summed E-state index contributed by atoms with van der Waals surface area (Å²) in [7, 11) is 1.45. The number of hydrogen-bond acceptors (Lipinski definition) is 6. The first-order chi connectivity index (χ1) is 20.5. The van der Waals surface area contributed by atoms with Crippen molar-refractivity contribution in [3.63, 3.8) is 0 Å². The molecule has 0 unspecified atom stereocenters. The van der Waals surface area contributed by atoms with Gasteiger partial charge in [-0.3, -0.25) is 4.79 Å². The maximum atomic E-state index is 13.5. The zero-order valence-corrected chi connectivity index (χ0v) is 24.5. The first kappa shape index (κ1) is 29.8. The largest absolute Gasteiger partial charge is 0.493 e. The van der Waals surface area contributed by atoms with Gasteiger partial charge in [-0.15, -0.1) is 0 Å². The van der Waals surface area contributed by atoms with E-state index in [1.54, 1.807) is 48.5 Å². The van der Waals surface area contributed by atoms with Gasteiger partial charge in [0.05, 0.1) is 38.9 Å². The van der Waals surface area contributed by atoms with Crippen molar-refractivity contribution in [1.82, 2.24) is 9.66 Å². The highest BCUT2D eigenvalue weighted by Gasteiger charge is 2.31. The molecule has 43 heavy (non-hydrogen) atoms. The number of halogens is 4. The summed E-state index contributed by atoms with van der Waals surface area (Å²) in [5.74, 6) is -0.342. The maximum Gasteiger partial charge on any atom is 0.416 e. The Morgan fingerprint density at radius 3 is 2.56 bits per heavy atom. The number of fused-ring (bicyclic) bond motifs is 1. The average molecular weight is 699 g/mol. The summed E-state index contributed by atoms with van der Waals surface area (Å²) in [5, 5.41) is 13.8. The molecule has 1 heterocycles. The van der Waals surface area contributed by atoms with Crippen LogP contribution >= 0.6 is 22.6 Å². The van der Waals surface area contributed by atoms with E-state index in [1.165, 1.54) is 37.6 Å². The van der Waals surface area contributed by atoms with Crippen LogP contribution in [0, 0.1) is 3.57 Å². The van der Waals surface area contributed by atoms with E-state index < -0.39 is 23.3 Å². The number of aromatic carboxylic acids is 1. The van der Waals surface area contributed by atoms with Crippen LogP contribution < -0.4 is 15.0 Å². The second kappa shape index (κ2) is 12.3. The van der Waals surface area contributed by atoms with Gasteiger partial charge in [0.25, 0.3) is 5.56 Å². The average Bonchev–Trinajstić information content (AvgIpc) is 2.99. The summed E-state index contributed by atoms with van der Waals surface area (Å²) < 4.78 is 53.5. The molecule has 0 amide bonds. The fraction of sp³-hybridized carbons (Fsp3) is 0.0968. The van der Waals surface area contributed by atoms with Crippen LogP contribution in [0.25, 0.3) is 22.3 Å². The van der Waals surface area contributed by atoms with Crippen molar-refractivity contribution in [1.29, 1.82) is 0 Å². The molecular weight excluding hydrogens is 678 g/mol. The third-order valence-electron chi connectivity index (χ3n) is 6.33. The molecule has 8 nitrogen and oxygen atoms in total. The van der Waals surface area contributed by atoms with Gasteiger partial charge in [-0.05, 0) is 82.2 Å². The summed E-state index contributed by atoms with van der Waals surface area (Å²) in [6, 6.07) is 20.8. The number of aromatic nitrogens is 2. The Morgan fingerprint density at radius 2 is 1.81 bits per heavy atom. The molecule has 4 aromatic carbocycles.